The minimum Gasteiger partial charge on any atom is -0.497 e. The van der Waals surface area contributed by atoms with Crippen LogP contribution in [0.25, 0.3) is 0 Å². The molecule has 0 saturated heterocycles. The van der Waals surface area contributed by atoms with Crippen LogP contribution in [-0.4, -0.2) is 48.1 Å². The van der Waals surface area contributed by atoms with E-state index in [0.717, 1.165) is 5.56 Å². The first-order valence-corrected chi connectivity index (χ1v) is 11.0. The molecule has 34 heavy (non-hydrogen) atoms. The Morgan fingerprint density at radius 2 is 1.76 bits per heavy atom. The zero-order chi connectivity index (χ0) is 24.2. The van der Waals surface area contributed by atoms with Crippen LogP contribution in [0.4, 0.5) is 4.39 Å². The van der Waals surface area contributed by atoms with Gasteiger partial charge in [0.25, 0.3) is 11.8 Å². The summed E-state index contributed by atoms with van der Waals surface area (Å²) < 4.78 is 19.6. The van der Waals surface area contributed by atoms with E-state index < -0.39 is 11.9 Å². The number of rotatable bonds is 6. The number of hydrogen-bond donors (Lipinski definition) is 0. The molecule has 3 aromatic carbocycles. The monoisotopic (exact) mass is 479 g/mol. The normalized spacial score (nSPS) is 15.1. The van der Waals surface area contributed by atoms with E-state index in [1.165, 1.54) is 16.0 Å². The van der Waals surface area contributed by atoms with Gasteiger partial charge in [0.15, 0.2) is 0 Å². The lowest BCUT2D eigenvalue weighted by Crippen LogP contribution is -2.39. The molecule has 3 aromatic rings. The third-order valence-corrected chi connectivity index (χ3v) is 5.91. The van der Waals surface area contributed by atoms with Crippen molar-refractivity contribution >= 4 is 29.1 Å². The van der Waals surface area contributed by atoms with Gasteiger partial charge in [0.05, 0.1) is 18.9 Å². The number of hydrogen-bond acceptors (Lipinski definition) is 4. The Hall–Kier alpha value is -3.71. The standard InChI is InChI=1S/C26H23ClFN3O3/c1-30(26(33)18-9-13-20(34-2)14-10-18)16-25(32)31-24(17-7-11-19(27)12-8-17)15-23(29-31)21-5-3-4-6-22(21)28/h3-14,24H,15-16H2,1-2H3/t24-/m0/s1. The second-order valence-corrected chi connectivity index (χ2v) is 8.36. The van der Waals surface area contributed by atoms with Crippen LogP contribution >= 0.6 is 11.6 Å². The maximum atomic E-state index is 14.4. The Kier molecular flexibility index (Phi) is 6.93. The molecule has 0 bridgehead atoms. The predicted octanol–water partition coefficient (Wildman–Crippen LogP) is 4.94. The summed E-state index contributed by atoms with van der Waals surface area (Å²) in [6.07, 6.45) is 0.338. The van der Waals surface area contributed by atoms with Gasteiger partial charge in [-0.2, -0.15) is 5.10 Å². The molecule has 0 fully saturated rings. The maximum absolute atomic E-state index is 14.4. The molecule has 0 aromatic heterocycles. The van der Waals surface area contributed by atoms with Gasteiger partial charge >= 0.3 is 0 Å². The van der Waals surface area contributed by atoms with Crippen LogP contribution in [0.2, 0.25) is 5.02 Å². The van der Waals surface area contributed by atoms with Gasteiger partial charge in [-0.05, 0) is 48.0 Å². The molecule has 4 rings (SSSR count). The molecule has 2 amide bonds. The molecule has 1 aliphatic rings. The Balaban J connectivity index is 1.58. The zero-order valence-corrected chi connectivity index (χ0v) is 19.5. The topological polar surface area (TPSA) is 62.2 Å². The van der Waals surface area contributed by atoms with Crippen molar-refractivity contribution in [2.24, 2.45) is 5.10 Å². The van der Waals surface area contributed by atoms with Crippen molar-refractivity contribution in [1.82, 2.24) is 9.91 Å². The highest BCUT2D eigenvalue weighted by Crippen LogP contribution is 2.34. The quantitative estimate of drug-likeness (QED) is 0.503. The fraction of sp³-hybridized carbons (Fsp3) is 0.192. The highest BCUT2D eigenvalue weighted by molar-refractivity contribution is 6.30. The van der Waals surface area contributed by atoms with Crippen molar-refractivity contribution in [3.05, 3.63) is 100 Å². The average molecular weight is 480 g/mol. The highest BCUT2D eigenvalue weighted by atomic mass is 35.5. The van der Waals surface area contributed by atoms with Crippen LogP contribution in [0.1, 0.15) is 33.9 Å². The summed E-state index contributed by atoms with van der Waals surface area (Å²) in [4.78, 5) is 27.5. The fourth-order valence-electron chi connectivity index (χ4n) is 3.84. The van der Waals surface area contributed by atoms with E-state index in [1.807, 2.05) is 12.1 Å². The van der Waals surface area contributed by atoms with E-state index >= 15 is 0 Å². The van der Waals surface area contributed by atoms with E-state index in [2.05, 4.69) is 5.10 Å². The third-order valence-electron chi connectivity index (χ3n) is 5.66. The SMILES string of the molecule is COc1ccc(C(=O)N(C)CC(=O)N2N=C(c3ccccc3F)C[C@H]2c2ccc(Cl)cc2)cc1. The summed E-state index contributed by atoms with van der Waals surface area (Å²) in [7, 11) is 3.10. The molecule has 1 atom stereocenters. The van der Waals surface area contributed by atoms with Crippen LogP contribution in [0.5, 0.6) is 5.75 Å². The number of carbonyl (C=O) groups is 2. The molecule has 0 aliphatic carbocycles. The van der Waals surface area contributed by atoms with Crippen molar-refractivity contribution in [2.75, 3.05) is 20.7 Å². The summed E-state index contributed by atoms with van der Waals surface area (Å²) in [6, 6.07) is 19.7. The maximum Gasteiger partial charge on any atom is 0.262 e. The van der Waals surface area contributed by atoms with Gasteiger partial charge < -0.3 is 9.64 Å². The molecule has 8 heteroatoms. The Morgan fingerprint density at radius 3 is 2.41 bits per heavy atom. The molecule has 0 spiro atoms. The minimum atomic E-state index is -0.441. The number of halogens is 2. The number of hydrazone groups is 1. The zero-order valence-electron chi connectivity index (χ0n) is 18.7. The molecule has 1 heterocycles. The molecule has 1 aliphatic heterocycles. The Bertz CT molecular complexity index is 1230. The summed E-state index contributed by atoms with van der Waals surface area (Å²) in [6.45, 7) is -0.191. The van der Waals surface area contributed by atoms with E-state index in [9.17, 15) is 14.0 Å². The van der Waals surface area contributed by atoms with Crippen LogP contribution in [0.3, 0.4) is 0 Å². The van der Waals surface area contributed by atoms with E-state index in [-0.39, 0.29) is 18.4 Å². The first-order valence-electron chi connectivity index (χ1n) is 10.7. The van der Waals surface area contributed by atoms with Crippen molar-refractivity contribution in [2.45, 2.75) is 12.5 Å². The number of amides is 2. The van der Waals surface area contributed by atoms with E-state index in [1.54, 1.807) is 68.8 Å². The first-order chi connectivity index (χ1) is 16.4. The Morgan fingerprint density at radius 1 is 1.09 bits per heavy atom. The van der Waals surface area contributed by atoms with Crippen LogP contribution in [-0.2, 0) is 4.79 Å². The van der Waals surface area contributed by atoms with Crippen LogP contribution in [0.15, 0.2) is 77.9 Å². The molecule has 0 radical (unpaired) electrons. The lowest BCUT2D eigenvalue weighted by Gasteiger charge is -2.25. The molecule has 6 nitrogen and oxygen atoms in total. The van der Waals surface area contributed by atoms with Gasteiger partial charge in [-0.25, -0.2) is 9.40 Å². The summed E-state index contributed by atoms with van der Waals surface area (Å²) in [5.74, 6) is -0.461. The minimum absolute atomic E-state index is 0.191. The molecular formula is C26H23ClFN3O3. The molecule has 0 saturated carbocycles. The van der Waals surface area contributed by atoms with Gasteiger partial charge in [-0.1, -0.05) is 41.9 Å². The molecule has 0 N–H and O–H groups in total. The second kappa shape index (κ2) is 10.1. The van der Waals surface area contributed by atoms with E-state index in [4.69, 9.17) is 16.3 Å². The number of carbonyl (C=O) groups excluding carboxylic acids is 2. The van der Waals surface area contributed by atoms with Crippen LogP contribution in [0, 0.1) is 5.82 Å². The number of methoxy groups -OCH3 is 1. The highest BCUT2D eigenvalue weighted by Gasteiger charge is 2.34. The number of nitrogens with zero attached hydrogens (tertiary/aromatic N) is 3. The molecular weight excluding hydrogens is 457 g/mol. The number of ether oxygens (including phenoxy) is 1. The third kappa shape index (κ3) is 4.94. The van der Waals surface area contributed by atoms with Crippen molar-refractivity contribution in [3.63, 3.8) is 0 Å². The average Bonchev–Trinajstić information content (AvgIpc) is 3.29. The number of benzene rings is 3. The lowest BCUT2D eigenvalue weighted by molar-refractivity contribution is -0.133. The Labute approximate surface area is 202 Å². The fourth-order valence-corrected chi connectivity index (χ4v) is 3.97. The molecule has 0 unspecified atom stereocenters. The lowest BCUT2D eigenvalue weighted by atomic mass is 9.98. The second-order valence-electron chi connectivity index (χ2n) is 7.93. The summed E-state index contributed by atoms with van der Waals surface area (Å²) in [5.41, 5.74) is 2.06. The van der Waals surface area contributed by atoms with Crippen molar-refractivity contribution in [1.29, 1.82) is 0 Å². The summed E-state index contributed by atoms with van der Waals surface area (Å²) >= 11 is 6.03. The molecule has 174 valence electrons. The van der Waals surface area contributed by atoms with Gasteiger partial charge in [0.1, 0.15) is 18.1 Å². The van der Waals surface area contributed by atoms with Gasteiger partial charge in [0.2, 0.25) is 0 Å². The summed E-state index contributed by atoms with van der Waals surface area (Å²) in [5, 5.41) is 6.39. The van der Waals surface area contributed by atoms with Crippen molar-refractivity contribution in [3.8, 4) is 5.75 Å². The van der Waals surface area contributed by atoms with Gasteiger partial charge in [0, 0.05) is 29.6 Å². The van der Waals surface area contributed by atoms with Crippen LogP contribution < -0.4 is 4.74 Å². The van der Waals surface area contributed by atoms with Gasteiger partial charge in [-0.3, -0.25) is 9.59 Å². The smallest absolute Gasteiger partial charge is 0.262 e. The predicted molar refractivity (Wildman–Crippen MR) is 129 cm³/mol. The van der Waals surface area contributed by atoms with E-state index in [0.29, 0.717) is 34.0 Å². The first kappa shape index (κ1) is 23.4. The largest absolute Gasteiger partial charge is 0.497 e. The van der Waals surface area contributed by atoms with Crippen molar-refractivity contribution < 1.29 is 18.7 Å². The van der Waals surface area contributed by atoms with Gasteiger partial charge in [-0.15, -0.1) is 0 Å². The number of likely N-dealkylation sites (N-methyl/N-ethyl adjacent to an activating group) is 1.